The van der Waals surface area contributed by atoms with Gasteiger partial charge in [0.15, 0.2) is 0 Å². The summed E-state index contributed by atoms with van der Waals surface area (Å²) in [5.74, 6) is 0. The molecular formula is C60H46N2O2. The lowest BCUT2D eigenvalue weighted by molar-refractivity contribution is 0.126. The molecule has 4 heteroatoms. The minimum absolute atomic E-state index is 0.210. The third kappa shape index (κ3) is 6.41. The van der Waals surface area contributed by atoms with Crippen molar-refractivity contribution in [1.29, 1.82) is 0 Å². The summed E-state index contributed by atoms with van der Waals surface area (Å²) in [7, 11) is 0. The fraction of sp³-hybridized carbons (Fsp3) is 0.100. The van der Waals surface area contributed by atoms with Gasteiger partial charge in [-0.25, -0.2) is 0 Å². The van der Waals surface area contributed by atoms with Gasteiger partial charge in [-0.3, -0.25) is 0 Å². The monoisotopic (exact) mass is 826 g/mol. The Morgan fingerprint density at radius 1 is 0.469 bits per heavy atom. The first-order valence-electron chi connectivity index (χ1n) is 22.2. The maximum Gasteiger partial charge on any atom is 0.136 e. The quantitative estimate of drug-likeness (QED) is 0.160. The molecule has 0 radical (unpaired) electrons. The molecular weight excluding hydrogens is 781 g/mol. The molecule has 10 aromatic rings. The summed E-state index contributed by atoms with van der Waals surface area (Å²) in [5, 5.41) is 2.26. The number of fused-ring (bicyclic) bond motifs is 7. The number of ether oxygens (including phenoxy) is 1. The molecule has 0 amide bonds. The van der Waals surface area contributed by atoms with Crippen LogP contribution in [-0.2, 0) is 23.3 Å². The number of hydrogen-bond donors (Lipinski definition) is 0. The highest BCUT2D eigenvalue weighted by atomic mass is 16.5. The average molecular weight is 827 g/mol. The summed E-state index contributed by atoms with van der Waals surface area (Å²) in [6.45, 7) is 6.53. The number of rotatable bonds is 7. The van der Waals surface area contributed by atoms with Crippen LogP contribution < -0.4 is 9.80 Å². The van der Waals surface area contributed by atoms with E-state index in [9.17, 15) is 0 Å². The van der Waals surface area contributed by atoms with Crippen LogP contribution in [0.25, 0.3) is 66.4 Å². The molecule has 0 fully saturated rings. The van der Waals surface area contributed by atoms with Crippen LogP contribution in [0.5, 0.6) is 0 Å². The fourth-order valence-corrected chi connectivity index (χ4v) is 10.2. The molecule has 308 valence electrons. The van der Waals surface area contributed by atoms with Gasteiger partial charge in [0, 0.05) is 45.4 Å². The Balaban J connectivity index is 1.08. The second-order valence-electron chi connectivity index (χ2n) is 17.6. The van der Waals surface area contributed by atoms with Gasteiger partial charge in [-0.2, -0.15) is 0 Å². The summed E-state index contributed by atoms with van der Waals surface area (Å²) in [4.78, 5) is 4.80. The van der Waals surface area contributed by atoms with Crippen LogP contribution in [-0.4, -0.2) is 6.73 Å². The van der Waals surface area contributed by atoms with Crippen LogP contribution in [0.2, 0.25) is 0 Å². The SMILES string of the molecule is CC1(C)c2ccccc2-c2cc(-c3cccc4c3COCN(c3ccccc3)C4)c(N(c3ccc(-c4ccccc4)cc3)c3cccc(-c4ccc5c(c4)oc4ccccc45)c3)cc21. The van der Waals surface area contributed by atoms with Crippen molar-refractivity contribution in [2.24, 2.45) is 0 Å². The summed E-state index contributed by atoms with van der Waals surface area (Å²) >= 11 is 0. The van der Waals surface area contributed by atoms with E-state index in [-0.39, 0.29) is 5.41 Å². The van der Waals surface area contributed by atoms with Gasteiger partial charge >= 0.3 is 0 Å². The number of furan rings is 1. The van der Waals surface area contributed by atoms with Crippen LogP contribution in [0.15, 0.2) is 211 Å². The first-order valence-corrected chi connectivity index (χ1v) is 22.2. The predicted octanol–water partition coefficient (Wildman–Crippen LogP) is 15.9. The molecule has 1 aromatic heterocycles. The predicted molar refractivity (Wildman–Crippen MR) is 265 cm³/mol. The van der Waals surface area contributed by atoms with Crippen LogP contribution in [0.3, 0.4) is 0 Å². The Morgan fingerprint density at radius 3 is 2.00 bits per heavy atom. The molecule has 0 N–H and O–H groups in total. The van der Waals surface area contributed by atoms with E-state index in [2.05, 4.69) is 218 Å². The standard InChI is InChI=1S/C60H46N2O2/c1-60(2)55-25-11-9-22-49(55)52-35-53(48-24-14-18-44-37-61(39-63-38-54(44)48)45-19-7-4-8-20-45)57(36-56(52)60)62(46-30-27-41(28-31-46)40-15-5-3-6-16-40)47-21-13-17-42(33-47)43-29-32-51-50-23-10-12-26-58(50)64-59(51)34-43/h3-36H,37-39H2,1-2H3. The second kappa shape index (κ2) is 15.3. The molecule has 0 saturated heterocycles. The first-order chi connectivity index (χ1) is 31.5. The Morgan fingerprint density at radius 2 is 1.14 bits per heavy atom. The molecule has 0 spiro atoms. The van der Waals surface area contributed by atoms with Crippen LogP contribution in [0.1, 0.15) is 36.1 Å². The molecule has 0 atom stereocenters. The molecule has 12 rings (SSSR count). The Hall–Kier alpha value is -7.66. The molecule has 0 bridgehead atoms. The molecule has 4 nitrogen and oxygen atoms in total. The van der Waals surface area contributed by atoms with E-state index in [1.54, 1.807) is 0 Å². The minimum Gasteiger partial charge on any atom is -0.456 e. The van der Waals surface area contributed by atoms with Crippen molar-refractivity contribution in [1.82, 2.24) is 0 Å². The van der Waals surface area contributed by atoms with Crippen LogP contribution >= 0.6 is 0 Å². The number of nitrogens with zero attached hydrogens (tertiary/aromatic N) is 2. The van der Waals surface area contributed by atoms with Crippen LogP contribution in [0.4, 0.5) is 22.7 Å². The molecule has 2 heterocycles. The third-order valence-electron chi connectivity index (χ3n) is 13.5. The van der Waals surface area contributed by atoms with Crippen molar-refractivity contribution < 1.29 is 9.15 Å². The molecule has 1 aliphatic carbocycles. The lowest BCUT2D eigenvalue weighted by Gasteiger charge is -2.31. The van der Waals surface area contributed by atoms with Crippen molar-refractivity contribution in [3.05, 3.63) is 229 Å². The van der Waals surface area contributed by atoms with Crippen molar-refractivity contribution >= 4 is 44.7 Å². The highest BCUT2D eigenvalue weighted by Crippen LogP contribution is 2.54. The molecule has 2 aliphatic rings. The molecule has 1 aliphatic heterocycles. The van der Waals surface area contributed by atoms with Crippen molar-refractivity contribution in [2.45, 2.75) is 32.4 Å². The fourth-order valence-electron chi connectivity index (χ4n) is 10.2. The zero-order valence-corrected chi connectivity index (χ0v) is 36.0. The van der Waals surface area contributed by atoms with Gasteiger partial charge in [-0.1, -0.05) is 153 Å². The summed E-state index contributed by atoms with van der Waals surface area (Å²) < 4.78 is 13.0. The Bertz CT molecular complexity index is 3370. The Labute approximate surface area is 374 Å². The normalized spacial score (nSPS) is 13.9. The van der Waals surface area contributed by atoms with Crippen molar-refractivity contribution in [3.63, 3.8) is 0 Å². The largest absolute Gasteiger partial charge is 0.456 e. The lowest BCUT2D eigenvalue weighted by atomic mass is 9.81. The second-order valence-corrected chi connectivity index (χ2v) is 17.6. The third-order valence-corrected chi connectivity index (χ3v) is 13.5. The lowest BCUT2D eigenvalue weighted by Crippen LogP contribution is -2.23. The van der Waals surface area contributed by atoms with Gasteiger partial charge < -0.3 is 19.0 Å². The van der Waals surface area contributed by atoms with Gasteiger partial charge in [0.25, 0.3) is 0 Å². The smallest absolute Gasteiger partial charge is 0.136 e. The number of anilines is 4. The topological polar surface area (TPSA) is 28.9 Å². The first kappa shape index (κ1) is 38.0. The van der Waals surface area contributed by atoms with E-state index >= 15 is 0 Å². The van der Waals surface area contributed by atoms with Gasteiger partial charge in [0.2, 0.25) is 0 Å². The summed E-state index contributed by atoms with van der Waals surface area (Å²) in [5.41, 5.74) is 20.7. The van der Waals surface area contributed by atoms with Crippen LogP contribution in [0, 0.1) is 0 Å². The minimum atomic E-state index is -0.210. The number of hydrogen-bond acceptors (Lipinski definition) is 4. The summed E-state index contributed by atoms with van der Waals surface area (Å²) in [6.07, 6.45) is 0. The van der Waals surface area contributed by atoms with Crippen molar-refractivity contribution in [3.8, 4) is 44.5 Å². The van der Waals surface area contributed by atoms with E-state index in [0.717, 1.165) is 62.4 Å². The maximum atomic E-state index is 6.58. The van der Waals surface area contributed by atoms with E-state index in [0.29, 0.717) is 13.3 Å². The van der Waals surface area contributed by atoms with E-state index in [1.807, 2.05) is 12.1 Å². The molecule has 64 heavy (non-hydrogen) atoms. The number of para-hydroxylation sites is 2. The Kier molecular flexibility index (Phi) is 9.10. The van der Waals surface area contributed by atoms with E-state index < -0.39 is 0 Å². The van der Waals surface area contributed by atoms with E-state index in [4.69, 9.17) is 9.15 Å². The molecule has 0 saturated carbocycles. The van der Waals surface area contributed by atoms with Crippen molar-refractivity contribution in [2.75, 3.05) is 16.5 Å². The van der Waals surface area contributed by atoms with Gasteiger partial charge in [0.1, 0.15) is 17.9 Å². The summed E-state index contributed by atoms with van der Waals surface area (Å²) in [6, 6.07) is 74.8. The van der Waals surface area contributed by atoms with Gasteiger partial charge in [-0.15, -0.1) is 0 Å². The molecule has 9 aromatic carbocycles. The van der Waals surface area contributed by atoms with Gasteiger partial charge in [-0.05, 0) is 128 Å². The average Bonchev–Trinajstić information content (AvgIpc) is 3.71. The zero-order valence-electron chi connectivity index (χ0n) is 36.0. The molecule has 0 unspecified atom stereocenters. The van der Waals surface area contributed by atoms with E-state index in [1.165, 1.54) is 55.6 Å². The highest BCUT2D eigenvalue weighted by molar-refractivity contribution is 6.06. The number of benzene rings is 9. The maximum absolute atomic E-state index is 6.58. The van der Waals surface area contributed by atoms with Gasteiger partial charge in [0.05, 0.1) is 12.3 Å². The zero-order chi connectivity index (χ0) is 42.8. The highest BCUT2D eigenvalue weighted by Gasteiger charge is 2.37.